The number of halogens is 1. The van der Waals surface area contributed by atoms with Crippen LogP contribution in [0.4, 0.5) is 4.39 Å². The fourth-order valence-electron chi connectivity index (χ4n) is 1.17. The van der Waals surface area contributed by atoms with Crippen LogP contribution in [0.2, 0.25) is 0 Å². The second-order valence-corrected chi connectivity index (χ2v) is 2.72. The summed E-state index contributed by atoms with van der Waals surface area (Å²) in [5.74, 6) is -0.322. The van der Waals surface area contributed by atoms with Gasteiger partial charge in [-0.15, -0.1) is 0 Å². The lowest BCUT2D eigenvalue weighted by Crippen LogP contribution is -1.97. The van der Waals surface area contributed by atoms with E-state index in [1.54, 1.807) is 13.2 Å². The molecule has 0 spiro atoms. The summed E-state index contributed by atoms with van der Waals surface area (Å²) in [4.78, 5) is 10.3. The van der Waals surface area contributed by atoms with Crippen molar-refractivity contribution in [1.82, 2.24) is 0 Å². The van der Waals surface area contributed by atoms with Crippen molar-refractivity contribution in [2.45, 2.75) is 13.0 Å². The number of hydrogen-bond acceptors (Lipinski definition) is 2. The molecule has 0 saturated carbocycles. The van der Waals surface area contributed by atoms with Crippen molar-refractivity contribution in [2.24, 2.45) is 0 Å². The van der Waals surface area contributed by atoms with Crippen LogP contribution in [0.25, 0.3) is 0 Å². The van der Waals surface area contributed by atoms with Gasteiger partial charge in [-0.3, -0.25) is 0 Å². The maximum atomic E-state index is 12.8. The van der Waals surface area contributed by atoms with E-state index in [1.807, 2.05) is 0 Å². The van der Waals surface area contributed by atoms with E-state index in [0.717, 1.165) is 11.8 Å². The standard InChI is InChI=1S/C10H11FO2/c1-13-7-9-2-3-10(11)6-8(9)4-5-12/h2-3,5-6H,4,7H2,1H3. The van der Waals surface area contributed by atoms with Crippen molar-refractivity contribution in [3.63, 3.8) is 0 Å². The maximum Gasteiger partial charge on any atom is 0.124 e. The van der Waals surface area contributed by atoms with Crippen molar-refractivity contribution in [2.75, 3.05) is 7.11 Å². The highest BCUT2D eigenvalue weighted by Gasteiger charge is 2.02. The Bertz CT molecular complexity index is 297. The minimum atomic E-state index is -0.322. The molecule has 0 unspecified atom stereocenters. The van der Waals surface area contributed by atoms with Gasteiger partial charge in [0.05, 0.1) is 6.61 Å². The molecular weight excluding hydrogens is 171 g/mol. The summed E-state index contributed by atoms with van der Waals surface area (Å²) in [6, 6.07) is 4.36. The largest absolute Gasteiger partial charge is 0.380 e. The summed E-state index contributed by atoms with van der Waals surface area (Å²) >= 11 is 0. The molecule has 70 valence electrons. The average Bonchev–Trinajstić information content (AvgIpc) is 2.10. The van der Waals surface area contributed by atoms with E-state index in [2.05, 4.69) is 0 Å². The van der Waals surface area contributed by atoms with E-state index in [1.165, 1.54) is 12.1 Å². The van der Waals surface area contributed by atoms with E-state index in [-0.39, 0.29) is 12.2 Å². The summed E-state index contributed by atoms with van der Waals surface area (Å²) in [6.07, 6.45) is 0.990. The third kappa shape index (κ3) is 2.63. The van der Waals surface area contributed by atoms with Crippen molar-refractivity contribution < 1.29 is 13.9 Å². The SMILES string of the molecule is COCc1ccc(F)cc1CC=O. The fraction of sp³-hybridized carbons (Fsp3) is 0.300. The van der Waals surface area contributed by atoms with E-state index >= 15 is 0 Å². The first-order valence-electron chi connectivity index (χ1n) is 3.97. The number of hydrogen-bond donors (Lipinski definition) is 0. The summed E-state index contributed by atoms with van der Waals surface area (Å²) in [6.45, 7) is 0.406. The summed E-state index contributed by atoms with van der Waals surface area (Å²) in [5.41, 5.74) is 1.55. The van der Waals surface area contributed by atoms with Crippen LogP contribution in [0.5, 0.6) is 0 Å². The number of benzene rings is 1. The zero-order valence-corrected chi connectivity index (χ0v) is 7.42. The quantitative estimate of drug-likeness (QED) is 0.662. The average molecular weight is 182 g/mol. The number of carbonyl (C=O) groups is 1. The molecule has 0 fully saturated rings. The molecule has 0 heterocycles. The van der Waals surface area contributed by atoms with Gasteiger partial charge in [0.25, 0.3) is 0 Å². The van der Waals surface area contributed by atoms with E-state index in [0.29, 0.717) is 12.2 Å². The van der Waals surface area contributed by atoms with Gasteiger partial charge in [0.1, 0.15) is 12.1 Å². The van der Waals surface area contributed by atoms with Crippen LogP contribution in [0.15, 0.2) is 18.2 Å². The van der Waals surface area contributed by atoms with Gasteiger partial charge < -0.3 is 9.53 Å². The number of ether oxygens (including phenoxy) is 1. The fourth-order valence-corrected chi connectivity index (χ4v) is 1.17. The highest BCUT2D eigenvalue weighted by molar-refractivity contribution is 5.56. The summed E-state index contributed by atoms with van der Waals surface area (Å²) < 4.78 is 17.7. The van der Waals surface area contributed by atoms with Gasteiger partial charge >= 0.3 is 0 Å². The molecule has 0 amide bonds. The smallest absolute Gasteiger partial charge is 0.124 e. The first-order chi connectivity index (χ1) is 6.27. The van der Waals surface area contributed by atoms with E-state index in [9.17, 15) is 9.18 Å². The lowest BCUT2D eigenvalue weighted by molar-refractivity contribution is -0.107. The molecule has 1 aromatic rings. The van der Waals surface area contributed by atoms with Crippen molar-refractivity contribution >= 4 is 6.29 Å². The van der Waals surface area contributed by atoms with Gasteiger partial charge in [0.2, 0.25) is 0 Å². The molecule has 0 saturated heterocycles. The van der Waals surface area contributed by atoms with Crippen LogP contribution >= 0.6 is 0 Å². The minimum Gasteiger partial charge on any atom is -0.380 e. The van der Waals surface area contributed by atoms with Gasteiger partial charge in [-0.2, -0.15) is 0 Å². The van der Waals surface area contributed by atoms with Crippen LogP contribution in [0.3, 0.4) is 0 Å². The Balaban J connectivity index is 2.95. The van der Waals surface area contributed by atoms with Crippen LogP contribution < -0.4 is 0 Å². The molecule has 0 aliphatic rings. The van der Waals surface area contributed by atoms with Crippen molar-refractivity contribution in [3.05, 3.63) is 35.1 Å². The first-order valence-corrected chi connectivity index (χ1v) is 3.97. The predicted molar refractivity (Wildman–Crippen MR) is 46.9 cm³/mol. The highest BCUT2D eigenvalue weighted by atomic mass is 19.1. The van der Waals surface area contributed by atoms with Crippen LogP contribution in [0.1, 0.15) is 11.1 Å². The molecule has 0 aliphatic carbocycles. The molecule has 0 N–H and O–H groups in total. The Morgan fingerprint density at radius 1 is 1.46 bits per heavy atom. The molecule has 3 heteroatoms. The van der Waals surface area contributed by atoms with Gasteiger partial charge in [0, 0.05) is 13.5 Å². The Labute approximate surface area is 76.3 Å². The second-order valence-electron chi connectivity index (χ2n) is 2.72. The van der Waals surface area contributed by atoms with Crippen LogP contribution in [-0.2, 0) is 22.6 Å². The van der Waals surface area contributed by atoms with E-state index in [4.69, 9.17) is 4.74 Å². The predicted octanol–water partition coefficient (Wildman–Crippen LogP) is 1.71. The first kappa shape index (κ1) is 9.86. The van der Waals surface area contributed by atoms with Crippen molar-refractivity contribution in [3.8, 4) is 0 Å². The Morgan fingerprint density at radius 2 is 2.23 bits per heavy atom. The molecule has 0 bridgehead atoms. The van der Waals surface area contributed by atoms with Crippen LogP contribution in [-0.4, -0.2) is 13.4 Å². The molecule has 0 radical (unpaired) electrons. The number of aldehydes is 1. The van der Waals surface area contributed by atoms with Crippen LogP contribution in [0, 0.1) is 5.82 Å². The van der Waals surface area contributed by atoms with Gasteiger partial charge in [0.15, 0.2) is 0 Å². The molecule has 0 atom stereocenters. The number of carbonyl (C=O) groups excluding carboxylic acids is 1. The second kappa shape index (κ2) is 4.72. The normalized spacial score (nSPS) is 10.0. The topological polar surface area (TPSA) is 26.3 Å². The zero-order chi connectivity index (χ0) is 9.68. The van der Waals surface area contributed by atoms with Gasteiger partial charge in [-0.05, 0) is 23.3 Å². The van der Waals surface area contributed by atoms with E-state index < -0.39 is 0 Å². The number of methoxy groups -OCH3 is 1. The van der Waals surface area contributed by atoms with Gasteiger partial charge in [-0.25, -0.2) is 4.39 Å². The lowest BCUT2D eigenvalue weighted by Gasteiger charge is -2.05. The third-order valence-electron chi connectivity index (χ3n) is 1.77. The Hall–Kier alpha value is -1.22. The zero-order valence-electron chi connectivity index (χ0n) is 7.42. The van der Waals surface area contributed by atoms with Crippen molar-refractivity contribution in [1.29, 1.82) is 0 Å². The summed E-state index contributed by atoms with van der Waals surface area (Å²) in [5, 5.41) is 0. The Kier molecular flexibility index (Phi) is 3.58. The molecule has 1 aromatic carbocycles. The molecule has 13 heavy (non-hydrogen) atoms. The maximum absolute atomic E-state index is 12.8. The molecule has 0 aliphatic heterocycles. The molecular formula is C10H11FO2. The molecule has 2 nitrogen and oxygen atoms in total. The lowest BCUT2D eigenvalue weighted by atomic mass is 10.1. The third-order valence-corrected chi connectivity index (χ3v) is 1.77. The van der Waals surface area contributed by atoms with Gasteiger partial charge in [-0.1, -0.05) is 6.07 Å². The molecule has 0 aromatic heterocycles. The minimum absolute atomic E-state index is 0.233. The molecule has 1 rings (SSSR count). The monoisotopic (exact) mass is 182 g/mol. The number of rotatable bonds is 4. The summed E-state index contributed by atoms with van der Waals surface area (Å²) in [7, 11) is 1.56. The Morgan fingerprint density at radius 3 is 2.85 bits per heavy atom. The highest BCUT2D eigenvalue weighted by Crippen LogP contribution is 2.12.